The molecule has 0 aromatic carbocycles. The molecule has 1 aromatic rings. The van der Waals surface area contributed by atoms with Crippen LogP contribution < -0.4 is 10.6 Å². The SMILES string of the molecule is CCNc1ncc(S(=O)(=O)N2CC(=O)NC(=O)C2)cc1Cl. The minimum absolute atomic E-state index is 0.144. The van der Waals surface area contributed by atoms with E-state index in [1.165, 1.54) is 6.07 Å². The largest absolute Gasteiger partial charge is 0.369 e. The summed E-state index contributed by atoms with van der Waals surface area (Å²) >= 11 is 5.96. The van der Waals surface area contributed by atoms with Gasteiger partial charge in [0.05, 0.1) is 18.1 Å². The van der Waals surface area contributed by atoms with Gasteiger partial charge >= 0.3 is 0 Å². The van der Waals surface area contributed by atoms with Crippen LogP contribution in [0.3, 0.4) is 0 Å². The van der Waals surface area contributed by atoms with Crippen molar-refractivity contribution in [1.29, 1.82) is 0 Å². The van der Waals surface area contributed by atoms with Gasteiger partial charge in [-0.3, -0.25) is 14.9 Å². The Morgan fingerprint density at radius 2 is 2.00 bits per heavy atom. The van der Waals surface area contributed by atoms with E-state index < -0.39 is 34.9 Å². The summed E-state index contributed by atoms with van der Waals surface area (Å²) in [7, 11) is -4.01. The molecule has 21 heavy (non-hydrogen) atoms. The highest BCUT2D eigenvalue weighted by molar-refractivity contribution is 7.89. The van der Waals surface area contributed by atoms with E-state index in [4.69, 9.17) is 11.6 Å². The Kier molecular flexibility index (Phi) is 4.45. The van der Waals surface area contributed by atoms with Crippen LogP contribution >= 0.6 is 11.6 Å². The van der Waals surface area contributed by atoms with Crippen LogP contribution in [0.4, 0.5) is 5.82 Å². The van der Waals surface area contributed by atoms with Crippen molar-refractivity contribution in [2.45, 2.75) is 11.8 Å². The molecule has 2 N–H and O–H groups in total. The van der Waals surface area contributed by atoms with Gasteiger partial charge in [0.2, 0.25) is 21.8 Å². The van der Waals surface area contributed by atoms with Crippen LogP contribution in [-0.2, 0) is 19.6 Å². The fraction of sp³-hybridized carbons (Fsp3) is 0.364. The molecule has 2 amide bonds. The first kappa shape index (κ1) is 15.7. The minimum atomic E-state index is -4.01. The van der Waals surface area contributed by atoms with Crippen molar-refractivity contribution in [2.24, 2.45) is 0 Å². The molecule has 0 atom stereocenters. The van der Waals surface area contributed by atoms with Crippen LogP contribution in [0.5, 0.6) is 0 Å². The molecule has 114 valence electrons. The maximum absolute atomic E-state index is 12.4. The van der Waals surface area contributed by atoms with Crippen molar-refractivity contribution in [3.63, 3.8) is 0 Å². The minimum Gasteiger partial charge on any atom is -0.369 e. The van der Waals surface area contributed by atoms with Gasteiger partial charge in [-0.15, -0.1) is 0 Å². The van der Waals surface area contributed by atoms with Crippen molar-refractivity contribution in [3.8, 4) is 0 Å². The number of imide groups is 1. The number of aromatic nitrogens is 1. The molecule has 1 aliphatic heterocycles. The van der Waals surface area contributed by atoms with Crippen LogP contribution in [-0.4, -0.2) is 49.2 Å². The molecule has 1 aromatic heterocycles. The highest BCUT2D eigenvalue weighted by atomic mass is 35.5. The lowest BCUT2D eigenvalue weighted by Crippen LogP contribution is -2.53. The Labute approximate surface area is 126 Å². The summed E-state index contributed by atoms with van der Waals surface area (Å²) in [5, 5.41) is 5.06. The number of anilines is 1. The Bertz CT molecular complexity index is 675. The first-order chi connectivity index (χ1) is 9.84. The van der Waals surface area contributed by atoms with Crippen LogP contribution in [0.2, 0.25) is 5.02 Å². The molecule has 0 radical (unpaired) electrons. The zero-order chi connectivity index (χ0) is 15.6. The number of rotatable bonds is 4. The number of carbonyl (C=O) groups excluding carboxylic acids is 2. The van der Waals surface area contributed by atoms with E-state index in [0.29, 0.717) is 12.4 Å². The Morgan fingerprint density at radius 1 is 1.38 bits per heavy atom. The fourth-order valence-electron chi connectivity index (χ4n) is 1.79. The molecule has 0 saturated carbocycles. The van der Waals surface area contributed by atoms with Crippen molar-refractivity contribution >= 4 is 39.3 Å². The molecular formula is C11H13ClN4O4S. The monoisotopic (exact) mass is 332 g/mol. The predicted molar refractivity (Wildman–Crippen MR) is 75.3 cm³/mol. The third-order valence-corrected chi connectivity index (χ3v) is 4.76. The summed E-state index contributed by atoms with van der Waals surface area (Å²) in [6.45, 7) is 1.60. The highest BCUT2D eigenvalue weighted by Crippen LogP contribution is 2.24. The van der Waals surface area contributed by atoms with E-state index in [0.717, 1.165) is 10.5 Å². The first-order valence-corrected chi connectivity index (χ1v) is 7.88. The van der Waals surface area contributed by atoms with Gasteiger partial charge < -0.3 is 5.32 Å². The maximum Gasteiger partial charge on any atom is 0.245 e. The molecule has 8 nitrogen and oxygen atoms in total. The number of pyridine rings is 1. The average Bonchev–Trinajstić information content (AvgIpc) is 2.40. The van der Waals surface area contributed by atoms with Crippen LogP contribution in [0, 0.1) is 0 Å². The zero-order valence-electron chi connectivity index (χ0n) is 11.1. The van der Waals surface area contributed by atoms with Crippen molar-refractivity contribution in [1.82, 2.24) is 14.6 Å². The van der Waals surface area contributed by atoms with E-state index in [2.05, 4.69) is 10.3 Å². The molecule has 1 fully saturated rings. The standard InChI is InChI=1S/C11H13ClN4O4S/c1-2-13-11-8(12)3-7(4-14-11)21(19,20)16-5-9(17)15-10(18)6-16/h3-4H,2,5-6H2,1H3,(H,13,14)(H,15,17,18). The van der Waals surface area contributed by atoms with Gasteiger partial charge in [-0.1, -0.05) is 11.6 Å². The maximum atomic E-state index is 12.4. The van der Waals surface area contributed by atoms with Gasteiger partial charge in [0.25, 0.3) is 0 Å². The molecule has 10 heteroatoms. The molecular weight excluding hydrogens is 320 g/mol. The first-order valence-electron chi connectivity index (χ1n) is 6.07. The summed E-state index contributed by atoms with van der Waals surface area (Å²) < 4.78 is 25.5. The highest BCUT2D eigenvalue weighted by Gasteiger charge is 2.33. The lowest BCUT2D eigenvalue weighted by Gasteiger charge is -2.24. The second kappa shape index (κ2) is 5.96. The molecule has 1 saturated heterocycles. The summed E-state index contributed by atoms with van der Waals surface area (Å²) in [6.07, 6.45) is 1.14. The van der Waals surface area contributed by atoms with Gasteiger partial charge in [-0.2, -0.15) is 4.31 Å². The quantitative estimate of drug-likeness (QED) is 0.740. The van der Waals surface area contributed by atoms with E-state index in [1.54, 1.807) is 0 Å². The van der Waals surface area contributed by atoms with Gasteiger partial charge in [-0.05, 0) is 13.0 Å². The zero-order valence-corrected chi connectivity index (χ0v) is 12.7. The normalized spacial score (nSPS) is 16.7. The average molecular weight is 333 g/mol. The van der Waals surface area contributed by atoms with Gasteiger partial charge in [0.1, 0.15) is 10.7 Å². The van der Waals surface area contributed by atoms with E-state index in [9.17, 15) is 18.0 Å². The lowest BCUT2D eigenvalue weighted by atomic mass is 10.4. The smallest absolute Gasteiger partial charge is 0.245 e. The summed E-state index contributed by atoms with van der Waals surface area (Å²) in [5.74, 6) is -0.970. The van der Waals surface area contributed by atoms with Crippen molar-refractivity contribution in [2.75, 3.05) is 25.0 Å². The number of amides is 2. The summed E-state index contributed by atoms with van der Waals surface area (Å²) in [6, 6.07) is 1.23. The second-order valence-electron chi connectivity index (χ2n) is 4.28. The number of carbonyl (C=O) groups is 2. The molecule has 0 bridgehead atoms. The number of sulfonamides is 1. The molecule has 0 aliphatic carbocycles. The van der Waals surface area contributed by atoms with Crippen molar-refractivity contribution in [3.05, 3.63) is 17.3 Å². The molecule has 2 rings (SSSR count). The molecule has 1 aliphatic rings. The van der Waals surface area contributed by atoms with E-state index >= 15 is 0 Å². The predicted octanol–water partition coefficient (Wildman–Crippen LogP) is -0.186. The van der Waals surface area contributed by atoms with Gasteiger partial charge in [0.15, 0.2) is 0 Å². The fourth-order valence-corrected chi connectivity index (χ4v) is 3.41. The van der Waals surface area contributed by atoms with Crippen LogP contribution in [0.15, 0.2) is 17.2 Å². The topological polar surface area (TPSA) is 108 Å². The number of hydrogen-bond acceptors (Lipinski definition) is 6. The summed E-state index contributed by atoms with van der Waals surface area (Å²) in [4.78, 5) is 26.3. The van der Waals surface area contributed by atoms with Gasteiger partial charge in [-0.25, -0.2) is 13.4 Å². The third kappa shape index (κ3) is 3.31. The Hall–Kier alpha value is -1.71. The summed E-state index contributed by atoms with van der Waals surface area (Å²) in [5.41, 5.74) is 0. The third-order valence-electron chi connectivity index (χ3n) is 2.72. The Morgan fingerprint density at radius 3 is 2.52 bits per heavy atom. The lowest BCUT2D eigenvalue weighted by molar-refractivity contribution is -0.134. The number of halogens is 1. The van der Waals surface area contributed by atoms with Crippen LogP contribution in [0.25, 0.3) is 0 Å². The number of hydrogen-bond donors (Lipinski definition) is 2. The number of nitrogens with zero attached hydrogens (tertiary/aromatic N) is 2. The Balaban J connectivity index is 2.33. The number of piperazine rings is 1. The molecule has 0 unspecified atom stereocenters. The van der Waals surface area contributed by atoms with E-state index in [-0.39, 0.29) is 9.92 Å². The van der Waals surface area contributed by atoms with Gasteiger partial charge in [0, 0.05) is 12.7 Å². The molecule has 0 spiro atoms. The molecule has 2 heterocycles. The number of nitrogens with one attached hydrogen (secondary N) is 2. The second-order valence-corrected chi connectivity index (χ2v) is 6.62. The van der Waals surface area contributed by atoms with Crippen molar-refractivity contribution < 1.29 is 18.0 Å². The van der Waals surface area contributed by atoms with E-state index in [1.807, 2.05) is 12.2 Å². The van der Waals surface area contributed by atoms with Crippen LogP contribution in [0.1, 0.15) is 6.92 Å².